The number of fused-ring (bicyclic) bond motifs is 1. The Morgan fingerprint density at radius 3 is 2.66 bits per heavy atom. The predicted octanol–water partition coefficient (Wildman–Crippen LogP) is 3.46. The fraction of sp³-hybridized carbons (Fsp3) is 0.762. The summed E-state index contributed by atoms with van der Waals surface area (Å²) >= 11 is 0. The van der Waals surface area contributed by atoms with Crippen LogP contribution in [0.5, 0.6) is 0 Å². The van der Waals surface area contributed by atoms with Gasteiger partial charge in [-0.3, -0.25) is 0 Å². The lowest BCUT2D eigenvalue weighted by Crippen LogP contribution is -2.33. The summed E-state index contributed by atoms with van der Waals surface area (Å²) in [5.74, 6) is 1.54. The van der Waals surface area contributed by atoms with Gasteiger partial charge in [-0.1, -0.05) is 12.8 Å². The zero-order chi connectivity index (χ0) is 20.1. The number of nitrogens with two attached hydrogens (primary N) is 1. The molecule has 4 rings (SSSR count). The number of hydrogen-bond donors (Lipinski definition) is 3. The summed E-state index contributed by atoms with van der Waals surface area (Å²) < 4.78 is 7.41. The number of ether oxygens (including phenoxy) is 1. The van der Waals surface area contributed by atoms with Crippen molar-refractivity contribution in [2.45, 2.75) is 82.3 Å². The van der Waals surface area contributed by atoms with Crippen LogP contribution < -0.4 is 16.4 Å². The van der Waals surface area contributed by atoms with E-state index in [1.807, 2.05) is 6.33 Å². The standard InChI is InChI=1S/C21H35N7O/c1-29-13-5-4-12-23-19-18-20(28(14-24-18)17-6-2-3-7-17)27-21(26-19)25-16-10-8-15(22)9-11-16/h14-17H,2-13,22H2,1H3,(H2,23,25,26,27)/t15-,16-. The van der Waals surface area contributed by atoms with Crippen molar-refractivity contribution in [3.8, 4) is 0 Å². The molecule has 0 aliphatic heterocycles. The molecule has 0 unspecified atom stereocenters. The van der Waals surface area contributed by atoms with Gasteiger partial charge in [-0.15, -0.1) is 0 Å². The van der Waals surface area contributed by atoms with Gasteiger partial charge >= 0.3 is 0 Å². The molecule has 2 fully saturated rings. The predicted molar refractivity (Wildman–Crippen MR) is 116 cm³/mol. The topological polar surface area (TPSA) is 103 Å². The van der Waals surface area contributed by atoms with Crippen molar-refractivity contribution in [2.24, 2.45) is 5.73 Å². The minimum atomic E-state index is 0.338. The number of rotatable bonds is 9. The first kappa shape index (κ1) is 20.3. The molecule has 2 aliphatic rings. The highest BCUT2D eigenvalue weighted by Gasteiger charge is 2.23. The van der Waals surface area contributed by atoms with Crippen molar-refractivity contribution in [3.05, 3.63) is 6.33 Å². The number of nitrogens with zero attached hydrogens (tertiary/aromatic N) is 4. The molecule has 0 saturated heterocycles. The lowest BCUT2D eigenvalue weighted by atomic mass is 9.92. The van der Waals surface area contributed by atoms with E-state index in [0.717, 1.165) is 68.7 Å². The van der Waals surface area contributed by atoms with Crippen LogP contribution in [0.2, 0.25) is 0 Å². The third-order valence-electron chi connectivity index (χ3n) is 6.31. The fourth-order valence-electron chi connectivity index (χ4n) is 4.58. The summed E-state index contributed by atoms with van der Waals surface area (Å²) in [5.41, 5.74) is 7.89. The number of aromatic nitrogens is 4. The molecule has 2 aromatic rings. The van der Waals surface area contributed by atoms with Crippen LogP contribution >= 0.6 is 0 Å². The molecule has 8 nitrogen and oxygen atoms in total. The second-order valence-electron chi connectivity index (χ2n) is 8.54. The first-order valence-corrected chi connectivity index (χ1v) is 11.2. The number of nitrogens with one attached hydrogen (secondary N) is 2. The van der Waals surface area contributed by atoms with E-state index in [4.69, 9.17) is 20.4 Å². The maximum atomic E-state index is 6.06. The Hall–Kier alpha value is -1.93. The van der Waals surface area contributed by atoms with E-state index in [0.29, 0.717) is 24.1 Å². The van der Waals surface area contributed by atoms with Crippen LogP contribution in [0.4, 0.5) is 11.8 Å². The quantitative estimate of drug-likeness (QED) is 0.553. The van der Waals surface area contributed by atoms with Gasteiger partial charge in [0.25, 0.3) is 0 Å². The average Bonchev–Trinajstić information content (AvgIpc) is 3.39. The van der Waals surface area contributed by atoms with Crippen molar-refractivity contribution in [1.29, 1.82) is 0 Å². The molecule has 0 spiro atoms. The van der Waals surface area contributed by atoms with E-state index in [-0.39, 0.29) is 0 Å². The summed E-state index contributed by atoms with van der Waals surface area (Å²) in [5, 5.41) is 7.07. The highest BCUT2D eigenvalue weighted by Crippen LogP contribution is 2.33. The van der Waals surface area contributed by atoms with E-state index in [9.17, 15) is 0 Å². The van der Waals surface area contributed by atoms with Gasteiger partial charge in [0, 0.05) is 38.4 Å². The summed E-state index contributed by atoms with van der Waals surface area (Å²) in [7, 11) is 1.74. The molecule has 4 N–H and O–H groups in total. The minimum Gasteiger partial charge on any atom is -0.385 e. The van der Waals surface area contributed by atoms with Gasteiger partial charge in [-0.05, 0) is 51.4 Å². The van der Waals surface area contributed by atoms with Crippen LogP contribution in [0.15, 0.2) is 6.33 Å². The number of hydrogen-bond acceptors (Lipinski definition) is 7. The van der Waals surface area contributed by atoms with Crippen molar-refractivity contribution < 1.29 is 4.74 Å². The van der Waals surface area contributed by atoms with E-state index >= 15 is 0 Å². The van der Waals surface area contributed by atoms with Crippen molar-refractivity contribution in [3.63, 3.8) is 0 Å². The molecule has 2 heterocycles. The molecule has 160 valence electrons. The summed E-state index contributed by atoms with van der Waals surface area (Å²) in [6.45, 7) is 1.64. The number of methoxy groups -OCH3 is 1. The molecular formula is C21H35N7O. The van der Waals surface area contributed by atoms with Crippen LogP contribution in [0, 0.1) is 0 Å². The molecule has 29 heavy (non-hydrogen) atoms. The van der Waals surface area contributed by atoms with Gasteiger partial charge in [-0.2, -0.15) is 9.97 Å². The molecular weight excluding hydrogens is 366 g/mol. The van der Waals surface area contributed by atoms with E-state index < -0.39 is 0 Å². The first-order chi connectivity index (χ1) is 14.2. The van der Waals surface area contributed by atoms with Crippen LogP contribution in [0.25, 0.3) is 11.2 Å². The van der Waals surface area contributed by atoms with Gasteiger partial charge in [0.2, 0.25) is 5.95 Å². The molecule has 0 atom stereocenters. The van der Waals surface area contributed by atoms with Crippen LogP contribution in [-0.4, -0.2) is 51.9 Å². The summed E-state index contributed by atoms with van der Waals surface area (Å²) in [6.07, 6.45) is 13.3. The molecule has 0 radical (unpaired) electrons. The number of unbranched alkanes of at least 4 members (excludes halogenated alkanes) is 1. The van der Waals surface area contributed by atoms with E-state index in [1.165, 1.54) is 25.7 Å². The third kappa shape index (κ3) is 4.98. The molecule has 0 amide bonds. The Labute approximate surface area is 173 Å². The zero-order valence-corrected chi connectivity index (χ0v) is 17.6. The lowest BCUT2D eigenvalue weighted by Gasteiger charge is -2.27. The highest BCUT2D eigenvalue weighted by molar-refractivity contribution is 5.84. The molecule has 8 heteroatoms. The maximum absolute atomic E-state index is 6.06. The second-order valence-corrected chi connectivity index (χ2v) is 8.54. The Kier molecular flexibility index (Phi) is 6.82. The highest BCUT2D eigenvalue weighted by atomic mass is 16.5. The van der Waals surface area contributed by atoms with E-state index in [1.54, 1.807) is 7.11 Å². The first-order valence-electron chi connectivity index (χ1n) is 11.2. The second kappa shape index (κ2) is 9.71. The van der Waals surface area contributed by atoms with Crippen LogP contribution in [0.1, 0.15) is 70.3 Å². The van der Waals surface area contributed by atoms with Gasteiger partial charge in [0.1, 0.15) is 0 Å². The van der Waals surface area contributed by atoms with E-state index in [2.05, 4.69) is 20.2 Å². The monoisotopic (exact) mass is 401 g/mol. The Balaban J connectivity index is 1.55. The molecule has 0 aromatic carbocycles. The molecule has 2 saturated carbocycles. The fourth-order valence-corrected chi connectivity index (χ4v) is 4.58. The normalized spacial score (nSPS) is 23.0. The maximum Gasteiger partial charge on any atom is 0.227 e. The molecule has 2 aromatic heterocycles. The Morgan fingerprint density at radius 2 is 1.90 bits per heavy atom. The minimum absolute atomic E-state index is 0.338. The molecule has 0 bridgehead atoms. The number of anilines is 2. The lowest BCUT2D eigenvalue weighted by molar-refractivity contribution is 0.194. The average molecular weight is 402 g/mol. The van der Waals surface area contributed by atoms with Gasteiger partial charge < -0.3 is 25.7 Å². The third-order valence-corrected chi connectivity index (χ3v) is 6.31. The van der Waals surface area contributed by atoms with Crippen LogP contribution in [-0.2, 0) is 4.74 Å². The Morgan fingerprint density at radius 1 is 1.10 bits per heavy atom. The van der Waals surface area contributed by atoms with Crippen molar-refractivity contribution >= 4 is 22.9 Å². The van der Waals surface area contributed by atoms with Gasteiger partial charge in [0.15, 0.2) is 17.0 Å². The van der Waals surface area contributed by atoms with Crippen molar-refractivity contribution in [2.75, 3.05) is 30.9 Å². The summed E-state index contributed by atoms with van der Waals surface area (Å²) in [4.78, 5) is 14.4. The van der Waals surface area contributed by atoms with Gasteiger partial charge in [-0.25, -0.2) is 4.98 Å². The largest absolute Gasteiger partial charge is 0.385 e. The van der Waals surface area contributed by atoms with Gasteiger partial charge in [0.05, 0.1) is 6.33 Å². The molecule has 2 aliphatic carbocycles. The smallest absolute Gasteiger partial charge is 0.227 e. The van der Waals surface area contributed by atoms with Crippen LogP contribution in [0.3, 0.4) is 0 Å². The zero-order valence-electron chi connectivity index (χ0n) is 17.6. The summed E-state index contributed by atoms with van der Waals surface area (Å²) in [6, 6.07) is 1.24. The Bertz CT molecular complexity index is 779. The SMILES string of the molecule is COCCCCNc1nc(N[C@H]2CC[C@H](N)CC2)nc2c1ncn2C1CCCC1. The van der Waals surface area contributed by atoms with Crippen molar-refractivity contribution in [1.82, 2.24) is 19.5 Å². The number of imidazole rings is 1.